The second kappa shape index (κ2) is 7.31. The molecule has 0 aliphatic rings. The number of imide groups is 1. The third kappa shape index (κ3) is 5.44. The molecule has 0 aliphatic carbocycles. The van der Waals surface area contributed by atoms with Gasteiger partial charge in [-0.05, 0) is 67.0 Å². The van der Waals surface area contributed by atoms with Gasteiger partial charge in [0.25, 0.3) is 5.69 Å². The summed E-state index contributed by atoms with van der Waals surface area (Å²) in [7, 11) is 0. The fourth-order valence-electron chi connectivity index (χ4n) is 2.12. The van der Waals surface area contributed by atoms with Crippen LogP contribution in [0.4, 0.5) is 21.0 Å². The van der Waals surface area contributed by atoms with Crippen molar-refractivity contribution in [1.82, 2.24) is 0 Å². The average Bonchev–Trinajstić information content (AvgIpc) is 2.39. The summed E-state index contributed by atoms with van der Waals surface area (Å²) in [6, 6.07) is 2.59. The molecule has 144 valence electrons. The number of hydrogen-bond donors (Lipinski definition) is 0. The van der Waals surface area contributed by atoms with E-state index in [1.165, 1.54) is 12.1 Å². The van der Waals surface area contributed by atoms with Gasteiger partial charge >= 0.3 is 12.2 Å². The second-order valence-electron chi connectivity index (χ2n) is 7.91. The van der Waals surface area contributed by atoms with Crippen LogP contribution in [0, 0.1) is 24.0 Å². The number of carbonyl (C=O) groups excluding carboxylic acids is 2. The highest BCUT2D eigenvalue weighted by Crippen LogP contribution is 2.31. The average molecular weight is 366 g/mol. The van der Waals surface area contributed by atoms with Gasteiger partial charge in [0.1, 0.15) is 11.2 Å². The molecule has 0 fully saturated rings. The first-order chi connectivity index (χ1) is 11.6. The minimum Gasteiger partial charge on any atom is -0.443 e. The molecule has 0 atom stereocenters. The lowest BCUT2D eigenvalue weighted by molar-refractivity contribution is -0.385. The molecule has 0 heterocycles. The van der Waals surface area contributed by atoms with Crippen molar-refractivity contribution in [3.05, 3.63) is 33.4 Å². The summed E-state index contributed by atoms with van der Waals surface area (Å²) in [4.78, 5) is 36.6. The van der Waals surface area contributed by atoms with E-state index in [2.05, 4.69) is 0 Å². The van der Waals surface area contributed by atoms with Gasteiger partial charge in [0, 0.05) is 11.6 Å². The first kappa shape index (κ1) is 21.4. The quantitative estimate of drug-likeness (QED) is 0.546. The molecule has 0 unspecified atom stereocenters. The molecule has 1 aromatic rings. The van der Waals surface area contributed by atoms with Crippen LogP contribution in [0.15, 0.2) is 12.1 Å². The minimum absolute atomic E-state index is 0.0976. The Labute approximate surface area is 153 Å². The second-order valence-corrected chi connectivity index (χ2v) is 7.91. The first-order valence-electron chi connectivity index (χ1n) is 8.15. The van der Waals surface area contributed by atoms with Crippen LogP contribution in [-0.2, 0) is 9.47 Å². The number of amides is 2. The fraction of sp³-hybridized carbons (Fsp3) is 0.556. The lowest BCUT2D eigenvalue weighted by Gasteiger charge is -2.29. The van der Waals surface area contributed by atoms with Crippen LogP contribution in [0.2, 0.25) is 0 Å². The Balaban J connectivity index is 3.46. The summed E-state index contributed by atoms with van der Waals surface area (Å²) in [5.41, 5.74) is -0.820. The van der Waals surface area contributed by atoms with Crippen LogP contribution in [0.3, 0.4) is 0 Å². The van der Waals surface area contributed by atoms with Crippen LogP contribution in [-0.4, -0.2) is 28.3 Å². The summed E-state index contributed by atoms with van der Waals surface area (Å²) in [5, 5.41) is 11.1. The standard InChI is InChI=1S/C18H26N2O6/c1-11-12(2)14(20(23)24)10-9-13(11)19(15(21)25-17(3,4)5)16(22)26-18(6,7)8/h9-10H,1-8H3. The Kier molecular flexibility index (Phi) is 6.02. The zero-order chi connectivity index (χ0) is 20.4. The maximum absolute atomic E-state index is 12.6. The highest BCUT2D eigenvalue weighted by atomic mass is 16.6. The molecule has 8 heteroatoms. The van der Waals surface area contributed by atoms with Crippen molar-refractivity contribution in [3.8, 4) is 0 Å². The SMILES string of the molecule is Cc1c(N(C(=O)OC(C)(C)C)C(=O)OC(C)(C)C)ccc([N+](=O)[O-])c1C. The van der Waals surface area contributed by atoms with Crippen LogP contribution >= 0.6 is 0 Å². The Morgan fingerprint density at radius 3 is 1.69 bits per heavy atom. The van der Waals surface area contributed by atoms with E-state index in [1.807, 2.05) is 0 Å². The summed E-state index contributed by atoms with van der Waals surface area (Å²) < 4.78 is 10.6. The maximum Gasteiger partial charge on any atom is 0.424 e. The van der Waals surface area contributed by atoms with E-state index in [1.54, 1.807) is 55.4 Å². The van der Waals surface area contributed by atoms with Crippen LogP contribution in [0.5, 0.6) is 0 Å². The number of nitro benzene ring substituents is 1. The van der Waals surface area contributed by atoms with E-state index in [9.17, 15) is 19.7 Å². The Bertz CT molecular complexity index is 700. The molecule has 0 spiro atoms. The number of anilines is 1. The molecule has 1 rings (SSSR count). The van der Waals surface area contributed by atoms with Gasteiger partial charge in [-0.3, -0.25) is 10.1 Å². The number of hydrogen-bond acceptors (Lipinski definition) is 6. The normalized spacial score (nSPS) is 11.7. The number of nitro groups is 1. The van der Waals surface area contributed by atoms with Crippen molar-refractivity contribution in [2.75, 3.05) is 4.90 Å². The van der Waals surface area contributed by atoms with Crippen LogP contribution < -0.4 is 4.90 Å². The maximum atomic E-state index is 12.6. The zero-order valence-corrected chi connectivity index (χ0v) is 16.5. The molecule has 0 aliphatic heterocycles. The summed E-state index contributed by atoms with van der Waals surface area (Å²) in [5.74, 6) is 0. The van der Waals surface area contributed by atoms with Gasteiger partial charge in [-0.15, -0.1) is 0 Å². The molecule has 0 saturated carbocycles. The topological polar surface area (TPSA) is 99.0 Å². The van der Waals surface area contributed by atoms with Gasteiger partial charge in [0.15, 0.2) is 0 Å². The van der Waals surface area contributed by atoms with E-state index in [4.69, 9.17) is 9.47 Å². The van der Waals surface area contributed by atoms with Crippen molar-refractivity contribution in [1.29, 1.82) is 0 Å². The Hall–Kier alpha value is -2.64. The molecule has 0 bridgehead atoms. The van der Waals surface area contributed by atoms with Crippen LogP contribution in [0.1, 0.15) is 52.7 Å². The summed E-state index contributed by atoms with van der Waals surface area (Å²) in [6.07, 6.45) is -1.83. The molecule has 0 aromatic heterocycles. The summed E-state index contributed by atoms with van der Waals surface area (Å²) >= 11 is 0. The molecule has 26 heavy (non-hydrogen) atoms. The monoisotopic (exact) mass is 366 g/mol. The van der Waals surface area contributed by atoms with Crippen molar-refractivity contribution in [2.24, 2.45) is 0 Å². The van der Waals surface area contributed by atoms with Gasteiger partial charge in [-0.2, -0.15) is 4.90 Å². The minimum atomic E-state index is -0.914. The van der Waals surface area contributed by atoms with Gasteiger partial charge in [-0.25, -0.2) is 9.59 Å². The smallest absolute Gasteiger partial charge is 0.424 e. The lowest BCUT2D eigenvalue weighted by atomic mass is 10.1. The molecular formula is C18H26N2O6. The van der Waals surface area contributed by atoms with Crippen molar-refractivity contribution >= 4 is 23.6 Å². The van der Waals surface area contributed by atoms with Crippen molar-refractivity contribution < 1.29 is 24.0 Å². The Morgan fingerprint density at radius 1 is 0.923 bits per heavy atom. The summed E-state index contributed by atoms with van der Waals surface area (Å²) in [6.45, 7) is 13.2. The number of benzene rings is 1. The van der Waals surface area contributed by atoms with Gasteiger partial charge in [-0.1, -0.05) is 0 Å². The molecule has 0 N–H and O–H groups in total. The Morgan fingerprint density at radius 2 is 1.35 bits per heavy atom. The molecular weight excluding hydrogens is 340 g/mol. The predicted molar refractivity (Wildman–Crippen MR) is 97.5 cm³/mol. The number of rotatable bonds is 2. The van der Waals surface area contributed by atoms with Crippen LogP contribution in [0.25, 0.3) is 0 Å². The molecule has 8 nitrogen and oxygen atoms in total. The van der Waals surface area contributed by atoms with Crippen molar-refractivity contribution in [2.45, 2.75) is 66.6 Å². The predicted octanol–water partition coefficient (Wildman–Crippen LogP) is 4.89. The molecule has 0 saturated heterocycles. The fourth-order valence-corrected chi connectivity index (χ4v) is 2.12. The van der Waals surface area contributed by atoms with E-state index < -0.39 is 28.3 Å². The molecule has 0 radical (unpaired) electrons. The van der Waals surface area contributed by atoms with Gasteiger partial charge in [0.05, 0.1) is 10.6 Å². The number of carbonyl (C=O) groups is 2. The van der Waals surface area contributed by atoms with Crippen molar-refractivity contribution in [3.63, 3.8) is 0 Å². The first-order valence-corrected chi connectivity index (χ1v) is 8.15. The molecule has 1 aromatic carbocycles. The van der Waals surface area contributed by atoms with Gasteiger partial charge in [0.2, 0.25) is 0 Å². The van der Waals surface area contributed by atoms with E-state index in [0.29, 0.717) is 11.1 Å². The van der Waals surface area contributed by atoms with E-state index >= 15 is 0 Å². The number of nitrogens with zero attached hydrogens (tertiary/aromatic N) is 2. The van der Waals surface area contributed by atoms with Gasteiger partial charge < -0.3 is 9.47 Å². The molecule has 2 amide bonds. The lowest BCUT2D eigenvalue weighted by Crippen LogP contribution is -2.44. The van der Waals surface area contributed by atoms with E-state index in [-0.39, 0.29) is 11.4 Å². The largest absolute Gasteiger partial charge is 0.443 e. The number of ether oxygens (including phenoxy) is 2. The third-order valence-electron chi connectivity index (χ3n) is 3.32. The zero-order valence-electron chi connectivity index (χ0n) is 16.5. The third-order valence-corrected chi connectivity index (χ3v) is 3.32. The highest BCUT2D eigenvalue weighted by molar-refractivity contribution is 6.10. The highest BCUT2D eigenvalue weighted by Gasteiger charge is 2.34. The van der Waals surface area contributed by atoms with E-state index in [0.717, 1.165) is 4.90 Å².